The molecule has 0 heterocycles. The van der Waals surface area contributed by atoms with Crippen LogP contribution < -0.4 is 16.4 Å². The van der Waals surface area contributed by atoms with Gasteiger partial charge >= 0.3 is 5.97 Å². The van der Waals surface area contributed by atoms with Crippen molar-refractivity contribution in [3.63, 3.8) is 0 Å². The van der Waals surface area contributed by atoms with Gasteiger partial charge in [0.05, 0.1) is 11.8 Å². The minimum atomic E-state index is -1.12. The molecule has 0 spiro atoms. The summed E-state index contributed by atoms with van der Waals surface area (Å²) in [5, 5.41) is 22.0. The third-order valence-electron chi connectivity index (χ3n) is 4.82. The Morgan fingerprint density at radius 2 is 1.66 bits per heavy atom. The summed E-state index contributed by atoms with van der Waals surface area (Å²) in [6.07, 6.45) is 0.550. The Labute approximate surface area is 167 Å². The van der Waals surface area contributed by atoms with Crippen LogP contribution in [0.4, 0.5) is 5.69 Å². The molecule has 6 N–H and O–H groups in total. The zero-order valence-corrected chi connectivity index (χ0v) is 15.6. The molecule has 2 aromatic carbocycles. The van der Waals surface area contributed by atoms with Crippen LogP contribution in [0.5, 0.6) is 0 Å². The summed E-state index contributed by atoms with van der Waals surface area (Å²) >= 11 is 0. The Morgan fingerprint density at radius 1 is 1.03 bits per heavy atom. The van der Waals surface area contributed by atoms with Gasteiger partial charge in [-0.2, -0.15) is 0 Å². The first-order valence-electron chi connectivity index (χ1n) is 9.17. The van der Waals surface area contributed by atoms with Crippen LogP contribution in [0.1, 0.15) is 17.5 Å². The molecule has 2 aromatic rings. The van der Waals surface area contributed by atoms with Crippen molar-refractivity contribution in [1.82, 2.24) is 5.32 Å². The van der Waals surface area contributed by atoms with Gasteiger partial charge in [0, 0.05) is 17.7 Å². The number of nitrogens with one attached hydrogen (secondary N) is 3. The van der Waals surface area contributed by atoms with E-state index < -0.39 is 29.8 Å². The highest BCUT2D eigenvalue weighted by Crippen LogP contribution is 2.39. The lowest BCUT2D eigenvalue weighted by Crippen LogP contribution is -2.43. The van der Waals surface area contributed by atoms with E-state index in [1.54, 1.807) is 48.5 Å². The third kappa shape index (κ3) is 5.19. The third-order valence-corrected chi connectivity index (χ3v) is 4.82. The van der Waals surface area contributed by atoms with Gasteiger partial charge in [0.1, 0.15) is 11.9 Å². The number of nitrogens with two attached hydrogens (primary N) is 1. The second-order valence-corrected chi connectivity index (χ2v) is 7.02. The van der Waals surface area contributed by atoms with Gasteiger partial charge in [0.25, 0.3) is 0 Å². The molecule has 0 bridgehead atoms. The number of benzene rings is 2. The maximum atomic E-state index is 12.4. The smallest absolute Gasteiger partial charge is 0.326 e. The highest BCUT2D eigenvalue weighted by atomic mass is 16.4. The van der Waals surface area contributed by atoms with Crippen molar-refractivity contribution in [1.29, 1.82) is 5.41 Å². The van der Waals surface area contributed by atoms with Gasteiger partial charge in [0.2, 0.25) is 11.8 Å². The van der Waals surface area contributed by atoms with E-state index in [1.807, 2.05) is 6.07 Å². The molecular weight excluding hydrogens is 372 g/mol. The molecule has 3 rings (SSSR count). The maximum Gasteiger partial charge on any atom is 0.326 e. The number of carbonyl (C=O) groups excluding carboxylic acids is 2. The van der Waals surface area contributed by atoms with Gasteiger partial charge < -0.3 is 21.5 Å². The number of amidine groups is 1. The van der Waals surface area contributed by atoms with E-state index in [2.05, 4.69) is 10.6 Å². The molecule has 1 saturated carbocycles. The maximum absolute atomic E-state index is 12.4. The first-order valence-corrected chi connectivity index (χ1v) is 9.17. The summed E-state index contributed by atoms with van der Waals surface area (Å²) in [6.45, 7) is 0. The number of nitrogen functional groups attached to an aromatic ring is 1. The van der Waals surface area contributed by atoms with Crippen LogP contribution in [0.15, 0.2) is 54.6 Å². The van der Waals surface area contributed by atoms with E-state index in [-0.39, 0.29) is 18.2 Å². The predicted octanol–water partition coefficient (Wildman–Crippen LogP) is 1.36. The van der Waals surface area contributed by atoms with E-state index in [1.165, 1.54) is 0 Å². The number of aliphatic carboxylic acids is 1. The van der Waals surface area contributed by atoms with Crippen LogP contribution in [-0.4, -0.2) is 34.8 Å². The fourth-order valence-electron chi connectivity index (χ4n) is 3.07. The summed E-state index contributed by atoms with van der Waals surface area (Å²) in [7, 11) is 0. The topological polar surface area (TPSA) is 145 Å². The van der Waals surface area contributed by atoms with Crippen molar-refractivity contribution < 1.29 is 19.5 Å². The van der Waals surface area contributed by atoms with Gasteiger partial charge in [-0.15, -0.1) is 0 Å². The fourth-order valence-corrected chi connectivity index (χ4v) is 3.07. The number of carboxylic acid groups (broad SMARTS) is 1. The number of anilines is 1. The lowest BCUT2D eigenvalue weighted by Gasteiger charge is -2.14. The first-order chi connectivity index (χ1) is 13.8. The Hall–Kier alpha value is -3.68. The highest BCUT2D eigenvalue weighted by molar-refractivity contribution is 6.00. The molecule has 8 nitrogen and oxygen atoms in total. The number of carbonyl (C=O) groups is 3. The van der Waals surface area contributed by atoms with Crippen LogP contribution in [0, 0.1) is 17.2 Å². The van der Waals surface area contributed by atoms with E-state index >= 15 is 0 Å². The van der Waals surface area contributed by atoms with Crippen molar-refractivity contribution in [2.75, 3.05) is 5.32 Å². The summed E-state index contributed by atoms with van der Waals surface area (Å²) in [5.74, 6) is -2.94. The van der Waals surface area contributed by atoms with Crippen molar-refractivity contribution in [3.8, 4) is 0 Å². The molecule has 2 amide bonds. The molecule has 2 unspecified atom stereocenters. The second-order valence-electron chi connectivity index (χ2n) is 7.02. The lowest BCUT2D eigenvalue weighted by atomic mass is 10.1. The van der Waals surface area contributed by atoms with Crippen LogP contribution >= 0.6 is 0 Å². The zero-order chi connectivity index (χ0) is 21.0. The average Bonchev–Trinajstić information content (AvgIpc) is 3.50. The molecule has 1 aliphatic rings. The van der Waals surface area contributed by atoms with Crippen molar-refractivity contribution >= 4 is 29.3 Å². The average molecular weight is 394 g/mol. The van der Waals surface area contributed by atoms with E-state index in [0.29, 0.717) is 17.7 Å². The van der Waals surface area contributed by atoms with Crippen LogP contribution in [0.25, 0.3) is 0 Å². The Kier molecular flexibility index (Phi) is 5.92. The van der Waals surface area contributed by atoms with Gasteiger partial charge in [-0.05, 0) is 36.2 Å². The van der Waals surface area contributed by atoms with Crippen molar-refractivity contribution in [2.24, 2.45) is 17.6 Å². The summed E-state index contributed by atoms with van der Waals surface area (Å²) < 4.78 is 0. The molecule has 1 fully saturated rings. The number of hydrogen-bond donors (Lipinski definition) is 5. The molecule has 1 aliphatic carbocycles. The number of hydrogen-bond acceptors (Lipinski definition) is 4. The summed E-state index contributed by atoms with van der Waals surface area (Å²) in [5.41, 5.74) is 7.29. The van der Waals surface area contributed by atoms with Gasteiger partial charge in [0.15, 0.2) is 0 Å². The molecule has 150 valence electrons. The van der Waals surface area contributed by atoms with Gasteiger partial charge in [-0.25, -0.2) is 4.79 Å². The minimum Gasteiger partial charge on any atom is -0.480 e. The number of carboxylic acids is 1. The Bertz CT molecular complexity index is 927. The minimum absolute atomic E-state index is 0.0645. The van der Waals surface area contributed by atoms with E-state index in [9.17, 15) is 19.5 Å². The molecule has 0 aromatic heterocycles. The molecule has 3 atom stereocenters. The molecular formula is C21H22N4O4. The molecule has 29 heavy (non-hydrogen) atoms. The highest BCUT2D eigenvalue weighted by Gasteiger charge is 2.48. The number of amides is 2. The van der Waals surface area contributed by atoms with Crippen LogP contribution in [0.2, 0.25) is 0 Å². The lowest BCUT2D eigenvalue weighted by molar-refractivity contribution is -0.142. The van der Waals surface area contributed by atoms with Crippen LogP contribution in [-0.2, 0) is 20.8 Å². The quantitative estimate of drug-likeness (QED) is 0.339. The van der Waals surface area contributed by atoms with E-state index in [0.717, 1.165) is 5.56 Å². The first kappa shape index (κ1) is 20.1. The Balaban J connectivity index is 1.53. The molecule has 0 saturated heterocycles. The monoisotopic (exact) mass is 394 g/mol. The zero-order valence-electron chi connectivity index (χ0n) is 15.6. The number of rotatable bonds is 8. The largest absolute Gasteiger partial charge is 0.480 e. The van der Waals surface area contributed by atoms with Gasteiger partial charge in [-0.1, -0.05) is 30.3 Å². The van der Waals surface area contributed by atoms with Gasteiger partial charge in [-0.3, -0.25) is 15.0 Å². The van der Waals surface area contributed by atoms with Crippen LogP contribution in [0.3, 0.4) is 0 Å². The molecule has 8 heteroatoms. The summed E-state index contributed by atoms with van der Waals surface area (Å²) in [4.78, 5) is 36.2. The van der Waals surface area contributed by atoms with Crippen molar-refractivity contribution in [3.05, 3.63) is 65.7 Å². The predicted molar refractivity (Wildman–Crippen MR) is 107 cm³/mol. The standard InChI is InChI=1S/C21H22N4O4/c22-18(23)13-6-8-14(9-7-13)24-19(26)15-11-16(15)20(27)25-17(21(28)29)10-12-4-2-1-3-5-12/h1-9,15-17H,10-11H2,(H3,22,23)(H,24,26)(H,25,27)(H,28,29)/t15?,16?,17-/m0/s1. The fraction of sp³-hybridized carbons (Fsp3) is 0.238. The molecule has 0 aliphatic heterocycles. The van der Waals surface area contributed by atoms with E-state index in [4.69, 9.17) is 11.1 Å². The normalized spacial score (nSPS) is 18.3. The summed E-state index contributed by atoms with van der Waals surface area (Å²) in [6, 6.07) is 14.5. The second kappa shape index (κ2) is 8.55. The molecule has 0 radical (unpaired) electrons. The SMILES string of the molecule is N=C(N)c1ccc(NC(=O)C2CC2C(=O)N[C@@H](Cc2ccccc2)C(=O)O)cc1. The Morgan fingerprint density at radius 3 is 2.24 bits per heavy atom. The van der Waals surface area contributed by atoms with Crippen molar-refractivity contribution in [2.45, 2.75) is 18.9 Å².